The van der Waals surface area contributed by atoms with Gasteiger partial charge < -0.3 is 21.1 Å². The number of carbonyl (C=O) groups is 2. The number of amides is 2. The number of pyridine rings is 1. The van der Waals surface area contributed by atoms with Crippen LogP contribution in [0.15, 0.2) is 41.7 Å². The molecule has 1 aliphatic carbocycles. The molecule has 4 rings (SSSR count). The lowest BCUT2D eigenvalue weighted by atomic mass is 9.89. The molecule has 1 saturated carbocycles. The van der Waals surface area contributed by atoms with Crippen LogP contribution in [0.25, 0.3) is 0 Å². The number of halogens is 2. The van der Waals surface area contributed by atoms with Gasteiger partial charge in [0.15, 0.2) is 0 Å². The maximum atomic E-state index is 14.1. The fourth-order valence-electron chi connectivity index (χ4n) is 5.17. The van der Waals surface area contributed by atoms with Gasteiger partial charge in [0.25, 0.3) is 0 Å². The fourth-order valence-corrected chi connectivity index (χ4v) is 5.17. The summed E-state index contributed by atoms with van der Waals surface area (Å²) in [6.45, 7) is 7.58. The van der Waals surface area contributed by atoms with Crippen molar-refractivity contribution in [3.63, 3.8) is 0 Å². The second kappa shape index (κ2) is 10.7. The molecule has 2 aromatic rings. The van der Waals surface area contributed by atoms with Crippen molar-refractivity contribution in [3.05, 3.63) is 59.4 Å². The second-order valence-corrected chi connectivity index (χ2v) is 11.1. The topological polar surface area (TPSA) is 119 Å². The van der Waals surface area contributed by atoms with E-state index in [1.54, 1.807) is 6.07 Å². The molecule has 1 aromatic carbocycles. The van der Waals surface area contributed by atoms with E-state index in [1.807, 2.05) is 27.7 Å². The van der Waals surface area contributed by atoms with Crippen LogP contribution in [0, 0.1) is 23.5 Å². The summed E-state index contributed by atoms with van der Waals surface area (Å²) in [5.41, 5.74) is 5.32. The fraction of sp³-hybridized carbons (Fsp3) is 0.500. The molecule has 1 aliphatic heterocycles. The van der Waals surface area contributed by atoms with Crippen molar-refractivity contribution < 1.29 is 23.1 Å². The summed E-state index contributed by atoms with van der Waals surface area (Å²) in [5, 5.41) is 6.05. The minimum absolute atomic E-state index is 0.0829. The SMILES string of the molecule is CC[C@@](C)(CC(=O)NC(c1cncc(F)c1)[C@@H]1C[C@H]1C(=O)N[C@@H]1CC(C)(C)Oc2ccc(F)cc21)N=CN. The third-order valence-electron chi connectivity index (χ3n) is 7.44. The Bertz CT molecular complexity index is 1240. The molecule has 2 amide bonds. The molecule has 2 aliphatic rings. The van der Waals surface area contributed by atoms with Gasteiger partial charge in [-0.15, -0.1) is 0 Å². The van der Waals surface area contributed by atoms with Crippen molar-refractivity contribution in [2.45, 2.75) is 76.6 Å². The predicted octanol–water partition coefficient (Wildman–Crippen LogP) is 4.12. The summed E-state index contributed by atoms with van der Waals surface area (Å²) in [7, 11) is 0. The largest absolute Gasteiger partial charge is 0.487 e. The van der Waals surface area contributed by atoms with Crippen molar-refractivity contribution in [1.29, 1.82) is 0 Å². The molecule has 0 spiro atoms. The first-order valence-electron chi connectivity index (χ1n) is 12.9. The Morgan fingerprint density at radius 3 is 2.74 bits per heavy atom. The minimum atomic E-state index is -0.678. The van der Waals surface area contributed by atoms with Crippen LogP contribution in [-0.4, -0.2) is 34.3 Å². The number of hydrogen-bond donors (Lipinski definition) is 3. The monoisotopic (exact) mass is 527 g/mol. The zero-order chi connectivity index (χ0) is 27.7. The molecule has 0 bridgehead atoms. The van der Waals surface area contributed by atoms with Gasteiger partial charge in [0, 0.05) is 24.1 Å². The molecule has 10 heteroatoms. The van der Waals surface area contributed by atoms with Gasteiger partial charge in [-0.1, -0.05) is 6.92 Å². The Balaban J connectivity index is 1.51. The van der Waals surface area contributed by atoms with Crippen LogP contribution in [0.5, 0.6) is 5.75 Å². The minimum Gasteiger partial charge on any atom is -0.487 e. The number of ether oxygens (including phenoxy) is 1. The lowest BCUT2D eigenvalue weighted by Crippen LogP contribution is -2.42. The predicted molar refractivity (Wildman–Crippen MR) is 139 cm³/mol. The summed E-state index contributed by atoms with van der Waals surface area (Å²) < 4.78 is 34.0. The van der Waals surface area contributed by atoms with Gasteiger partial charge in [-0.3, -0.25) is 19.6 Å². The molecule has 4 N–H and O–H groups in total. The molecule has 0 radical (unpaired) electrons. The van der Waals surface area contributed by atoms with Gasteiger partial charge in [-0.05, 0) is 69.4 Å². The molecule has 1 fully saturated rings. The van der Waals surface area contributed by atoms with E-state index in [1.165, 1.54) is 30.7 Å². The van der Waals surface area contributed by atoms with E-state index in [4.69, 9.17) is 10.5 Å². The summed E-state index contributed by atoms with van der Waals surface area (Å²) in [4.78, 5) is 34.6. The van der Waals surface area contributed by atoms with Crippen molar-refractivity contribution in [1.82, 2.24) is 15.6 Å². The molecule has 0 saturated heterocycles. The van der Waals surface area contributed by atoms with Crippen LogP contribution >= 0.6 is 0 Å². The van der Waals surface area contributed by atoms with E-state index in [9.17, 15) is 18.4 Å². The Kier molecular flexibility index (Phi) is 7.71. The number of rotatable bonds is 9. The Morgan fingerprint density at radius 1 is 1.29 bits per heavy atom. The van der Waals surface area contributed by atoms with Crippen molar-refractivity contribution in [2.24, 2.45) is 22.6 Å². The zero-order valence-corrected chi connectivity index (χ0v) is 22.1. The normalized spacial score (nSPS) is 24.0. The first-order valence-corrected chi connectivity index (χ1v) is 12.9. The number of carbonyl (C=O) groups excluding carboxylic acids is 2. The molecular weight excluding hydrogens is 492 g/mol. The molecule has 5 atom stereocenters. The van der Waals surface area contributed by atoms with Crippen molar-refractivity contribution in [3.8, 4) is 5.75 Å². The number of nitrogens with one attached hydrogen (secondary N) is 2. The van der Waals surface area contributed by atoms with E-state index in [-0.39, 0.29) is 24.2 Å². The standard InChI is InChI=1S/C28H35F2N5O3/c1-5-28(4,33-15-31)12-24(36)35-25(16-8-18(30)14-32-13-16)19-10-20(19)26(37)34-22-11-27(2,3)38-23-7-6-17(29)9-21(22)23/h6-9,13-15,19-20,22,25H,5,10-12H2,1-4H3,(H2,31,33)(H,34,37)(H,35,36)/t19-,20-,22-,25?,28+/m1/s1. The smallest absolute Gasteiger partial charge is 0.223 e. The van der Waals surface area contributed by atoms with Gasteiger partial charge in [0.1, 0.15) is 23.0 Å². The second-order valence-electron chi connectivity index (χ2n) is 11.1. The van der Waals surface area contributed by atoms with Crippen LogP contribution in [0.1, 0.15) is 76.6 Å². The maximum absolute atomic E-state index is 14.1. The molecule has 2 heterocycles. The van der Waals surface area contributed by atoms with E-state index < -0.39 is 40.8 Å². The van der Waals surface area contributed by atoms with Gasteiger partial charge in [0.2, 0.25) is 11.8 Å². The number of nitrogens with zero attached hydrogens (tertiary/aromatic N) is 2. The summed E-state index contributed by atoms with van der Waals surface area (Å²) >= 11 is 0. The molecular formula is C28H35F2N5O3. The van der Waals surface area contributed by atoms with E-state index in [0.717, 1.165) is 6.20 Å². The van der Waals surface area contributed by atoms with Crippen LogP contribution in [0.2, 0.25) is 0 Å². The average Bonchev–Trinajstić information content (AvgIpc) is 3.63. The Hall–Kier alpha value is -3.56. The third-order valence-corrected chi connectivity index (χ3v) is 7.44. The zero-order valence-electron chi connectivity index (χ0n) is 22.1. The average molecular weight is 528 g/mol. The van der Waals surface area contributed by atoms with Crippen molar-refractivity contribution >= 4 is 18.2 Å². The number of hydrogen-bond acceptors (Lipinski definition) is 5. The quantitative estimate of drug-likeness (QED) is 0.335. The molecule has 8 nitrogen and oxygen atoms in total. The molecule has 38 heavy (non-hydrogen) atoms. The lowest BCUT2D eigenvalue weighted by Gasteiger charge is -2.38. The highest BCUT2D eigenvalue weighted by atomic mass is 19.1. The summed E-state index contributed by atoms with van der Waals surface area (Å²) in [6, 6.07) is 4.57. The highest BCUT2D eigenvalue weighted by Gasteiger charge is 2.50. The van der Waals surface area contributed by atoms with E-state index in [0.29, 0.717) is 36.1 Å². The number of aromatic nitrogens is 1. The highest BCUT2D eigenvalue weighted by Crippen LogP contribution is 2.49. The summed E-state index contributed by atoms with van der Waals surface area (Å²) in [5.74, 6) is -1.55. The van der Waals surface area contributed by atoms with Crippen molar-refractivity contribution in [2.75, 3.05) is 0 Å². The van der Waals surface area contributed by atoms with Crippen LogP contribution in [0.3, 0.4) is 0 Å². The van der Waals surface area contributed by atoms with Crippen LogP contribution in [-0.2, 0) is 9.59 Å². The lowest BCUT2D eigenvalue weighted by molar-refractivity contribution is -0.125. The Labute approximate surface area is 221 Å². The van der Waals surface area contributed by atoms with Gasteiger partial charge in [0.05, 0.1) is 36.6 Å². The number of aliphatic imine (C=N–C) groups is 1. The number of nitrogens with two attached hydrogens (primary N) is 1. The first kappa shape index (κ1) is 27.5. The first-order chi connectivity index (χ1) is 17.9. The van der Waals surface area contributed by atoms with Crippen LogP contribution in [0.4, 0.5) is 8.78 Å². The number of benzene rings is 1. The molecule has 204 valence electrons. The van der Waals surface area contributed by atoms with Gasteiger partial charge in [-0.2, -0.15) is 0 Å². The Morgan fingerprint density at radius 2 is 2.05 bits per heavy atom. The van der Waals surface area contributed by atoms with E-state index in [2.05, 4.69) is 20.6 Å². The number of fused-ring (bicyclic) bond motifs is 1. The van der Waals surface area contributed by atoms with E-state index >= 15 is 0 Å². The third kappa shape index (κ3) is 6.28. The molecule has 1 aromatic heterocycles. The molecule has 1 unspecified atom stereocenters. The summed E-state index contributed by atoms with van der Waals surface area (Å²) in [6.07, 6.45) is 5.43. The maximum Gasteiger partial charge on any atom is 0.223 e. The highest BCUT2D eigenvalue weighted by molar-refractivity contribution is 5.83. The van der Waals surface area contributed by atoms with Gasteiger partial charge in [-0.25, -0.2) is 8.78 Å². The van der Waals surface area contributed by atoms with Crippen LogP contribution < -0.4 is 21.1 Å². The van der Waals surface area contributed by atoms with Gasteiger partial charge >= 0.3 is 0 Å².